The maximum Gasteiger partial charge on any atom is 0.407 e. The molecule has 0 aliphatic heterocycles. The van der Waals surface area contributed by atoms with E-state index < -0.39 is 11.7 Å². The van der Waals surface area contributed by atoms with Crippen molar-refractivity contribution in [1.29, 1.82) is 0 Å². The normalized spacial score (nSPS) is 17.7. The van der Waals surface area contributed by atoms with Gasteiger partial charge in [-0.2, -0.15) is 0 Å². The Morgan fingerprint density at radius 3 is 2.32 bits per heavy atom. The molecule has 0 saturated heterocycles. The molecule has 3 aromatic rings. The van der Waals surface area contributed by atoms with Gasteiger partial charge in [0.1, 0.15) is 28.9 Å². The molecular formula is C29H33NO7. The topological polar surface area (TPSA) is 104 Å². The smallest absolute Gasteiger partial charge is 0.407 e. The van der Waals surface area contributed by atoms with E-state index in [0.29, 0.717) is 53.3 Å². The third-order valence-corrected chi connectivity index (χ3v) is 6.48. The predicted molar refractivity (Wildman–Crippen MR) is 140 cm³/mol. The molecule has 196 valence electrons. The monoisotopic (exact) mass is 507 g/mol. The third-order valence-electron chi connectivity index (χ3n) is 6.48. The minimum atomic E-state index is -0.532. The molecule has 8 nitrogen and oxygen atoms in total. The van der Waals surface area contributed by atoms with Gasteiger partial charge in [-0.15, -0.1) is 0 Å². The summed E-state index contributed by atoms with van der Waals surface area (Å²) >= 11 is 0. The lowest BCUT2D eigenvalue weighted by Gasteiger charge is -2.28. The van der Waals surface area contributed by atoms with Gasteiger partial charge in [0.25, 0.3) is 0 Å². The molecular weight excluding hydrogens is 474 g/mol. The zero-order valence-electron chi connectivity index (χ0n) is 21.7. The van der Waals surface area contributed by atoms with Gasteiger partial charge in [0.15, 0.2) is 5.43 Å². The highest BCUT2D eigenvalue weighted by atomic mass is 16.6. The molecule has 2 aromatic carbocycles. The van der Waals surface area contributed by atoms with Crippen LogP contribution in [0.4, 0.5) is 4.79 Å². The van der Waals surface area contributed by atoms with Crippen LogP contribution in [0.1, 0.15) is 46.5 Å². The Balaban J connectivity index is 1.34. The summed E-state index contributed by atoms with van der Waals surface area (Å²) in [6.45, 7) is 6.00. The zero-order chi connectivity index (χ0) is 26.6. The van der Waals surface area contributed by atoms with Crippen LogP contribution in [0.25, 0.3) is 22.1 Å². The van der Waals surface area contributed by atoms with Gasteiger partial charge in [-0.1, -0.05) is 12.1 Å². The van der Waals surface area contributed by atoms with Crippen LogP contribution in [0.5, 0.6) is 11.5 Å². The lowest BCUT2D eigenvalue weighted by atomic mass is 9.82. The quantitative estimate of drug-likeness (QED) is 0.337. The first-order valence-electron chi connectivity index (χ1n) is 12.5. The molecule has 0 atom stereocenters. The van der Waals surface area contributed by atoms with Gasteiger partial charge in [0.2, 0.25) is 0 Å². The number of rotatable bonds is 6. The fraction of sp³-hybridized carbons (Fsp3) is 0.414. The molecule has 0 spiro atoms. The molecule has 0 radical (unpaired) electrons. The summed E-state index contributed by atoms with van der Waals surface area (Å²) in [6, 6.07) is 12.0. The number of methoxy groups -OCH3 is 1. The molecule has 8 heteroatoms. The summed E-state index contributed by atoms with van der Waals surface area (Å²) < 4.78 is 21.8. The second-order valence-corrected chi connectivity index (χ2v) is 10.4. The van der Waals surface area contributed by atoms with Gasteiger partial charge in [-0.25, -0.2) is 4.79 Å². The highest BCUT2D eigenvalue weighted by molar-refractivity contribution is 5.84. The van der Waals surface area contributed by atoms with Gasteiger partial charge in [-0.05, 0) is 82.2 Å². The number of fused-ring (bicyclic) bond motifs is 1. The number of ether oxygens (including phenoxy) is 3. The van der Waals surface area contributed by atoms with Crippen LogP contribution >= 0.6 is 0 Å². The number of carbonyl (C=O) groups excluding carboxylic acids is 2. The van der Waals surface area contributed by atoms with Crippen molar-refractivity contribution in [2.75, 3.05) is 13.7 Å². The molecule has 1 saturated carbocycles. The van der Waals surface area contributed by atoms with Crippen molar-refractivity contribution < 1.29 is 28.2 Å². The molecule has 1 aliphatic rings. The Morgan fingerprint density at radius 1 is 1.00 bits per heavy atom. The maximum atomic E-state index is 13.0. The fourth-order valence-electron chi connectivity index (χ4n) is 4.49. The molecule has 0 unspecified atom stereocenters. The van der Waals surface area contributed by atoms with Crippen molar-refractivity contribution in [2.45, 2.75) is 52.1 Å². The van der Waals surface area contributed by atoms with Crippen molar-refractivity contribution in [3.8, 4) is 22.6 Å². The lowest BCUT2D eigenvalue weighted by molar-refractivity contribution is -0.140. The van der Waals surface area contributed by atoms with Crippen LogP contribution < -0.4 is 20.2 Å². The molecule has 1 aromatic heterocycles. The number of benzene rings is 2. The first-order valence-corrected chi connectivity index (χ1v) is 12.5. The Hall–Kier alpha value is -3.81. The maximum absolute atomic E-state index is 13.0. The van der Waals surface area contributed by atoms with Gasteiger partial charge in [0.05, 0.1) is 24.0 Å². The van der Waals surface area contributed by atoms with E-state index in [1.54, 1.807) is 49.6 Å². The summed E-state index contributed by atoms with van der Waals surface area (Å²) in [6.07, 6.45) is 4.01. The number of hydrogen-bond acceptors (Lipinski definition) is 7. The summed E-state index contributed by atoms with van der Waals surface area (Å²) in [7, 11) is 1.58. The molecule has 1 fully saturated rings. The van der Waals surface area contributed by atoms with Gasteiger partial charge < -0.3 is 23.9 Å². The van der Waals surface area contributed by atoms with Crippen LogP contribution in [0.15, 0.2) is 57.9 Å². The Bertz CT molecular complexity index is 1310. The van der Waals surface area contributed by atoms with Crippen molar-refractivity contribution in [3.05, 3.63) is 59.0 Å². The van der Waals surface area contributed by atoms with E-state index in [9.17, 15) is 14.4 Å². The number of esters is 1. The van der Waals surface area contributed by atoms with E-state index >= 15 is 0 Å². The Morgan fingerprint density at radius 2 is 1.68 bits per heavy atom. The highest BCUT2D eigenvalue weighted by Gasteiger charge is 2.28. The van der Waals surface area contributed by atoms with E-state index in [0.717, 1.165) is 18.4 Å². The summed E-state index contributed by atoms with van der Waals surface area (Å²) in [4.78, 5) is 37.7. The highest BCUT2D eigenvalue weighted by Crippen LogP contribution is 2.31. The van der Waals surface area contributed by atoms with Crippen LogP contribution in [-0.2, 0) is 9.53 Å². The second-order valence-electron chi connectivity index (χ2n) is 10.4. The second kappa shape index (κ2) is 11.1. The van der Waals surface area contributed by atoms with E-state index in [-0.39, 0.29) is 17.3 Å². The molecule has 1 N–H and O–H groups in total. The van der Waals surface area contributed by atoms with Gasteiger partial charge in [-0.3, -0.25) is 9.59 Å². The first-order chi connectivity index (χ1) is 17.6. The van der Waals surface area contributed by atoms with Crippen molar-refractivity contribution in [3.63, 3.8) is 0 Å². The van der Waals surface area contributed by atoms with Gasteiger partial charge >= 0.3 is 12.1 Å². The fourth-order valence-corrected chi connectivity index (χ4v) is 4.49. The van der Waals surface area contributed by atoms with E-state index in [1.807, 2.05) is 20.8 Å². The molecule has 1 aliphatic carbocycles. The Labute approximate surface area is 215 Å². The van der Waals surface area contributed by atoms with E-state index in [2.05, 4.69) is 5.32 Å². The largest absolute Gasteiger partial charge is 0.497 e. The number of nitrogens with one attached hydrogen (secondary N) is 1. The van der Waals surface area contributed by atoms with Gasteiger partial charge in [0, 0.05) is 12.6 Å². The van der Waals surface area contributed by atoms with E-state index in [1.165, 1.54) is 6.26 Å². The van der Waals surface area contributed by atoms with Crippen molar-refractivity contribution in [1.82, 2.24) is 5.32 Å². The predicted octanol–water partition coefficient (Wildman–Crippen LogP) is 5.71. The molecule has 37 heavy (non-hydrogen) atoms. The number of carbonyl (C=O) groups is 2. The average Bonchev–Trinajstić information content (AvgIpc) is 2.87. The molecule has 4 rings (SSSR count). The molecule has 1 heterocycles. The minimum Gasteiger partial charge on any atom is -0.497 e. The lowest BCUT2D eigenvalue weighted by Crippen LogP contribution is -2.36. The molecule has 1 amide bonds. The summed E-state index contributed by atoms with van der Waals surface area (Å²) in [5.74, 6) is 0.831. The first kappa shape index (κ1) is 26.3. The number of amides is 1. The number of hydrogen-bond donors (Lipinski definition) is 1. The van der Waals surface area contributed by atoms with E-state index in [4.69, 9.17) is 18.6 Å². The van der Waals surface area contributed by atoms with Crippen molar-refractivity contribution in [2.24, 2.45) is 11.8 Å². The standard InChI is InChI=1S/C29H33NO7/c1-29(2,3)37-28(33)30-16-18-5-7-20(8-6-18)27(32)36-22-13-14-23-25(15-22)35-17-24(26(23)31)19-9-11-21(34-4)12-10-19/h9-15,17-18,20H,5-8,16H2,1-4H3,(H,30,33). The molecule has 0 bridgehead atoms. The summed E-state index contributed by atoms with van der Waals surface area (Å²) in [5, 5.41) is 3.22. The van der Waals surface area contributed by atoms with Crippen LogP contribution in [0.3, 0.4) is 0 Å². The zero-order valence-corrected chi connectivity index (χ0v) is 21.7. The van der Waals surface area contributed by atoms with Crippen molar-refractivity contribution >= 4 is 23.0 Å². The van der Waals surface area contributed by atoms with Crippen LogP contribution in [0, 0.1) is 11.8 Å². The summed E-state index contributed by atoms with van der Waals surface area (Å²) in [5.41, 5.74) is 0.823. The minimum absolute atomic E-state index is 0.164. The number of alkyl carbamates (subject to hydrolysis) is 1. The van der Waals surface area contributed by atoms with Crippen LogP contribution in [-0.4, -0.2) is 31.3 Å². The average molecular weight is 508 g/mol. The third kappa shape index (κ3) is 6.70. The van der Waals surface area contributed by atoms with Crippen LogP contribution in [0.2, 0.25) is 0 Å². The Kier molecular flexibility index (Phi) is 7.86. The SMILES string of the molecule is COc1ccc(-c2coc3cc(OC(=O)C4CCC(CNC(=O)OC(C)(C)C)CC4)ccc3c2=O)cc1.